The second-order valence-corrected chi connectivity index (χ2v) is 8.13. The predicted octanol–water partition coefficient (Wildman–Crippen LogP) is 3.83. The topological polar surface area (TPSA) is 28.2 Å². The van der Waals surface area contributed by atoms with Gasteiger partial charge in [-0.15, -0.1) is 11.3 Å². The van der Waals surface area contributed by atoms with Crippen LogP contribution in [-0.2, 0) is 13.0 Å². The first-order valence-electron chi connectivity index (χ1n) is 8.63. The SMILES string of the molecule is CCc1nc(N(CC2CC2)C2CC2)sc1CNCC(C)C. The quantitative estimate of drug-likeness (QED) is 0.751. The molecule has 0 aromatic carbocycles. The molecule has 0 spiro atoms. The lowest BCUT2D eigenvalue weighted by Crippen LogP contribution is -2.27. The molecule has 0 unspecified atom stereocenters. The highest BCUT2D eigenvalue weighted by Gasteiger charge is 2.35. The van der Waals surface area contributed by atoms with E-state index in [1.165, 1.54) is 47.9 Å². The maximum absolute atomic E-state index is 4.97. The summed E-state index contributed by atoms with van der Waals surface area (Å²) >= 11 is 1.93. The molecule has 1 aromatic heterocycles. The third-order valence-electron chi connectivity index (χ3n) is 4.33. The van der Waals surface area contributed by atoms with Gasteiger partial charge < -0.3 is 10.2 Å². The van der Waals surface area contributed by atoms with Crippen LogP contribution in [0.25, 0.3) is 0 Å². The summed E-state index contributed by atoms with van der Waals surface area (Å²) in [6, 6.07) is 0.790. The number of aromatic nitrogens is 1. The van der Waals surface area contributed by atoms with Crippen LogP contribution in [-0.4, -0.2) is 24.1 Å². The molecule has 118 valence electrons. The highest BCUT2D eigenvalue weighted by molar-refractivity contribution is 7.15. The van der Waals surface area contributed by atoms with Crippen molar-refractivity contribution in [1.82, 2.24) is 10.3 Å². The van der Waals surface area contributed by atoms with Crippen LogP contribution in [0.5, 0.6) is 0 Å². The Morgan fingerprint density at radius 2 is 2.05 bits per heavy atom. The zero-order valence-corrected chi connectivity index (χ0v) is 14.5. The van der Waals surface area contributed by atoms with E-state index in [1.807, 2.05) is 11.3 Å². The van der Waals surface area contributed by atoms with E-state index in [1.54, 1.807) is 0 Å². The Hall–Kier alpha value is -0.610. The molecule has 0 amide bonds. The number of nitrogens with one attached hydrogen (secondary N) is 1. The normalized spacial score (nSPS) is 18.5. The fraction of sp³-hybridized carbons (Fsp3) is 0.824. The largest absolute Gasteiger partial charge is 0.345 e. The fourth-order valence-electron chi connectivity index (χ4n) is 2.73. The number of aryl methyl sites for hydroxylation is 1. The minimum Gasteiger partial charge on any atom is -0.345 e. The van der Waals surface area contributed by atoms with Gasteiger partial charge in [-0.2, -0.15) is 0 Å². The van der Waals surface area contributed by atoms with Crippen LogP contribution in [0.15, 0.2) is 0 Å². The van der Waals surface area contributed by atoms with Gasteiger partial charge in [0.1, 0.15) is 0 Å². The number of hydrogen-bond donors (Lipinski definition) is 1. The number of anilines is 1. The Morgan fingerprint density at radius 3 is 2.62 bits per heavy atom. The van der Waals surface area contributed by atoms with Gasteiger partial charge in [-0.05, 0) is 50.5 Å². The fourth-order valence-corrected chi connectivity index (χ4v) is 3.93. The molecule has 2 fully saturated rings. The minimum atomic E-state index is 0.709. The molecule has 3 nitrogen and oxygen atoms in total. The summed E-state index contributed by atoms with van der Waals surface area (Å²) in [6.45, 7) is 10.1. The van der Waals surface area contributed by atoms with Gasteiger partial charge in [-0.3, -0.25) is 0 Å². The Balaban J connectivity index is 1.67. The Kier molecular flexibility index (Phi) is 4.85. The van der Waals surface area contributed by atoms with E-state index in [-0.39, 0.29) is 0 Å². The molecule has 0 saturated heterocycles. The maximum Gasteiger partial charge on any atom is 0.186 e. The van der Waals surface area contributed by atoms with Crippen LogP contribution in [0.4, 0.5) is 5.13 Å². The summed E-state index contributed by atoms with van der Waals surface area (Å²) in [5.41, 5.74) is 1.31. The molecule has 0 atom stereocenters. The summed E-state index contributed by atoms with van der Waals surface area (Å²) in [5, 5.41) is 4.87. The zero-order chi connectivity index (χ0) is 14.8. The first-order valence-corrected chi connectivity index (χ1v) is 9.45. The molecular weight excluding hydrogens is 278 g/mol. The van der Waals surface area contributed by atoms with Crippen LogP contribution in [0, 0.1) is 11.8 Å². The first-order chi connectivity index (χ1) is 10.2. The van der Waals surface area contributed by atoms with Crippen LogP contribution < -0.4 is 10.2 Å². The third kappa shape index (κ3) is 4.19. The van der Waals surface area contributed by atoms with Crippen molar-refractivity contribution in [2.45, 2.75) is 65.5 Å². The minimum absolute atomic E-state index is 0.709. The van der Waals surface area contributed by atoms with Crippen LogP contribution in [0.3, 0.4) is 0 Å². The van der Waals surface area contributed by atoms with Crippen LogP contribution >= 0.6 is 11.3 Å². The van der Waals surface area contributed by atoms with Gasteiger partial charge in [0, 0.05) is 24.0 Å². The average molecular weight is 308 g/mol. The van der Waals surface area contributed by atoms with E-state index in [4.69, 9.17) is 4.98 Å². The predicted molar refractivity (Wildman–Crippen MR) is 91.1 cm³/mol. The van der Waals surface area contributed by atoms with E-state index in [2.05, 4.69) is 31.0 Å². The highest BCUT2D eigenvalue weighted by atomic mass is 32.1. The number of nitrogens with zero attached hydrogens (tertiary/aromatic N) is 2. The standard InChI is InChI=1S/C17H29N3S/c1-4-15-16(10-18-9-12(2)3)21-17(19-15)20(14-7-8-14)11-13-5-6-13/h12-14,18H,4-11H2,1-3H3. The van der Waals surface area contributed by atoms with Crippen molar-refractivity contribution < 1.29 is 0 Å². The number of thiazole rings is 1. The summed E-state index contributed by atoms with van der Waals surface area (Å²) in [7, 11) is 0. The number of rotatable bonds is 9. The van der Waals surface area contributed by atoms with Crippen LogP contribution in [0.1, 0.15) is 57.0 Å². The van der Waals surface area contributed by atoms with Gasteiger partial charge >= 0.3 is 0 Å². The molecular formula is C17H29N3S. The van der Waals surface area contributed by atoms with Crippen molar-refractivity contribution in [3.8, 4) is 0 Å². The highest BCUT2D eigenvalue weighted by Crippen LogP contribution is 2.39. The molecule has 2 saturated carbocycles. The van der Waals surface area contributed by atoms with E-state index < -0.39 is 0 Å². The number of hydrogen-bond acceptors (Lipinski definition) is 4. The Labute approximate surface area is 133 Å². The van der Waals surface area contributed by atoms with Crippen molar-refractivity contribution in [2.75, 3.05) is 18.0 Å². The van der Waals surface area contributed by atoms with Crippen molar-refractivity contribution in [1.29, 1.82) is 0 Å². The smallest absolute Gasteiger partial charge is 0.186 e. The maximum atomic E-state index is 4.97. The Bertz CT molecular complexity index is 461. The molecule has 0 bridgehead atoms. The molecule has 2 aliphatic rings. The molecule has 1 N–H and O–H groups in total. The lowest BCUT2D eigenvalue weighted by molar-refractivity contribution is 0.553. The molecule has 2 aliphatic carbocycles. The van der Waals surface area contributed by atoms with E-state index in [9.17, 15) is 0 Å². The van der Waals surface area contributed by atoms with Gasteiger partial charge in [0.05, 0.1) is 5.69 Å². The lowest BCUT2D eigenvalue weighted by atomic mass is 10.2. The summed E-state index contributed by atoms with van der Waals surface area (Å²) in [6.07, 6.45) is 6.65. The summed E-state index contributed by atoms with van der Waals surface area (Å²) in [4.78, 5) is 9.05. The molecule has 0 aliphatic heterocycles. The second kappa shape index (κ2) is 6.66. The van der Waals surface area contributed by atoms with Crippen molar-refractivity contribution in [2.24, 2.45) is 11.8 Å². The first kappa shape index (κ1) is 15.3. The van der Waals surface area contributed by atoms with E-state index in [0.29, 0.717) is 5.92 Å². The zero-order valence-electron chi connectivity index (χ0n) is 13.7. The molecule has 1 heterocycles. The molecule has 1 aromatic rings. The van der Waals surface area contributed by atoms with Gasteiger partial charge in [-0.1, -0.05) is 20.8 Å². The summed E-state index contributed by atoms with van der Waals surface area (Å²) in [5.74, 6) is 1.65. The van der Waals surface area contributed by atoms with Gasteiger partial charge in [0.25, 0.3) is 0 Å². The third-order valence-corrected chi connectivity index (χ3v) is 5.46. The molecule has 0 radical (unpaired) electrons. The monoisotopic (exact) mass is 307 g/mol. The van der Waals surface area contributed by atoms with Crippen molar-refractivity contribution >= 4 is 16.5 Å². The summed E-state index contributed by atoms with van der Waals surface area (Å²) < 4.78 is 0. The van der Waals surface area contributed by atoms with E-state index >= 15 is 0 Å². The van der Waals surface area contributed by atoms with Crippen molar-refractivity contribution in [3.05, 3.63) is 10.6 Å². The molecule has 3 rings (SSSR count). The Morgan fingerprint density at radius 1 is 1.29 bits per heavy atom. The lowest BCUT2D eigenvalue weighted by Gasteiger charge is -2.21. The van der Waals surface area contributed by atoms with Gasteiger partial charge in [0.15, 0.2) is 5.13 Å². The molecule has 4 heteroatoms. The van der Waals surface area contributed by atoms with Crippen LogP contribution in [0.2, 0.25) is 0 Å². The van der Waals surface area contributed by atoms with E-state index in [0.717, 1.165) is 31.5 Å². The average Bonchev–Trinajstić information content (AvgIpc) is 3.34. The van der Waals surface area contributed by atoms with Gasteiger partial charge in [0.2, 0.25) is 0 Å². The van der Waals surface area contributed by atoms with Gasteiger partial charge in [-0.25, -0.2) is 4.98 Å². The molecule has 21 heavy (non-hydrogen) atoms. The van der Waals surface area contributed by atoms with Crippen molar-refractivity contribution in [3.63, 3.8) is 0 Å². The second-order valence-electron chi connectivity index (χ2n) is 7.07.